The van der Waals surface area contributed by atoms with E-state index in [9.17, 15) is 43.7 Å². The van der Waals surface area contributed by atoms with Crippen molar-refractivity contribution >= 4 is 31.6 Å². The third-order valence-electron chi connectivity index (χ3n) is 13.0. The number of methoxy groups -OCH3 is 1. The summed E-state index contributed by atoms with van der Waals surface area (Å²) in [6.45, 7) is 6.32. The van der Waals surface area contributed by atoms with Gasteiger partial charge in [-0.15, -0.1) is 0 Å². The Morgan fingerprint density at radius 1 is 0.588 bits per heavy atom. The van der Waals surface area contributed by atoms with Crippen LogP contribution in [-0.2, 0) is 47.2 Å². The monoisotopic (exact) mass is 992 g/mol. The van der Waals surface area contributed by atoms with Gasteiger partial charge < -0.3 is 44.3 Å². The zero-order valence-electron chi connectivity index (χ0n) is 43.0. The van der Waals surface area contributed by atoms with E-state index in [2.05, 4.69) is 26.1 Å². The minimum absolute atomic E-state index is 0.171. The normalized spacial score (nSPS) is 19.4. The summed E-state index contributed by atoms with van der Waals surface area (Å²) in [6, 6.07) is -1.34. The maximum Gasteiger partial charge on any atom is 0.470 e. The number of hydrogen-bond acceptors (Lipinski definition) is 11. The third-order valence-corrected chi connectivity index (χ3v) is 13.5. The van der Waals surface area contributed by atoms with Crippen LogP contribution in [0.2, 0.25) is 0 Å². The van der Waals surface area contributed by atoms with Crippen LogP contribution in [0, 0.1) is 0 Å². The summed E-state index contributed by atoms with van der Waals surface area (Å²) in [5.74, 6) is -3.08. The number of ether oxygens (including phenoxy) is 4. The molecule has 400 valence electrons. The van der Waals surface area contributed by atoms with E-state index in [1.165, 1.54) is 110 Å². The Bertz CT molecular complexity index is 1330. The molecule has 0 saturated carbocycles. The fourth-order valence-electron chi connectivity index (χ4n) is 9.13. The Balaban J connectivity index is 3.18. The molecule has 68 heavy (non-hydrogen) atoms. The zero-order chi connectivity index (χ0) is 50.3. The average Bonchev–Trinajstić information content (AvgIpc) is 3.27. The molecule has 16 heteroatoms. The van der Waals surface area contributed by atoms with E-state index in [1.54, 1.807) is 0 Å². The van der Waals surface area contributed by atoms with Crippen molar-refractivity contribution in [2.75, 3.05) is 13.7 Å². The van der Waals surface area contributed by atoms with Crippen LogP contribution in [0.1, 0.15) is 252 Å². The lowest BCUT2D eigenvalue weighted by molar-refractivity contribution is -0.211. The second kappa shape index (κ2) is 41.5. The SMILES string of the molecule is CCCCCCCCCCCCCC(=O)O[C@H](CCCCCCCCCCC)CC(=O)O[C@@H]1[C@@H](NC(=O)C[C@H](O)CCCCCCCCCCC)[C@@H](CCC(=O)O)O[C@H](COC)[C@H]1OP(=O)(O)O. The number of hydrogen-bond donors (Lipinski definition) is 5. The Hall–Kier alpha value is -2.13. The van der Waals surface area contributed by atoms with Gasteiger partial charge in [0.25, 0.3) is 0 Å². The summed E-state index contributed by atoms with van der Waals surface area (Å²) in [6.07, 6.45) is 24.3. The zero-order valence-corrected chi connectivity index (χ0v) is 43.9. The number of phosphoric acid groups is 1. The Labute approximate surface area is 411 Å². The van der Waals surface area contributed by atoms with Crippen molar-refractivity contribution in [2.45, 2.75) is 295 Å². The minimum Gasteiger partial charge on any atom is -0.481 e. The number of phosphoric ester groups is 1. The predicted octanol–water partition coefficient (Wildman–Crippen LogP) is 11.7. The largest absolute Gasteiger partial charge is 0.481 e. The summed E-state index contributed by atoms with van der Waals surface area (Å²) >= 11 is 0. The quantitative estimate of drug-likeness (QED) is 0.0217. The van der Waals surface area contributed by atoms with Crippen molar-refractivity contribution in [3.8, 4) is 0 Å². The molecule has 1 rings (SSSR count). The molecule has 1 saturated heterocycles. The molecular formula is C52H98NO14P. The highest BCUT2D eigenvalue weighted by Crippen LogP contribution is 2.43. The molecule has 1 heterocycles. The number of carboxylic acids is 1. The molecule has 0 bridgehead atoms. The number of unbranched alkanes of at least 4 members (excludes halogenated alkanes) is 26. The van der Waals surface area contributed by atoms with E-state index < -0.39 is 80.7 Å². The van der Waals surface area contributed by atoms with Gasteiger partial charge in [-0.2, -0.15) is 0 Å². The Morgan fingerprint density at radius 3 is 1.50 bits per heavy atom. The van der Waals surface area contributed by atoms with Crippen molar-refractivity contribution in [2.24, 2.45) is 0 Å². The second-order valence-corrected chi connectivity index (χ2v) is 20.6. The van der Waals surface area contributed by atoms with Crippen molar-refractivity contribution in [3.63, 3.8) is 0 Å². The molecule has 1 aliphatic rings. The lowest BCUT2D eigenvalue weighted by atomic mass is 9.89. The second-order valence-electron chi connectivity index (χ2n) is 19.4. The van der Waals surface area contributed by atoms with Crippen molar-refractivity contribution in [1.82, 2.24) is 5.32 Å². The first kappa shape index (κ1) is 63.9. The van der Waals surface area contributed by atoms with Crippen molar-refractivity contribution in [3.05, 3.63) is 0 Å². The first-order chi connectivity index (χ1) is 32.7. The number of aliphatic hydroxyl groups is 1. The van der Waals surface area contributed by atoms with Gasteiger partial charge in [0.2, 0.25) is 5.91 Å². The molecule has 0 aromatic carbocycles. The number of aliphatic hydroxyl groups excluding tert-OH is 1. The van der Waals surface area contributed by atoms with Crippen LogP contribution < -0.4 is 5.32 Å². The van der Waals surface area contributed by atoms with Crippen LogP contribution in [0.3, 0.4) is 0 Å². The van der Waals surface area contributed by atoms with Gasteiger partial charge >= 0.3 is 25.7 Å². The van der Waals surface area contributed by atoms with Gasteiger partial charge in [0.1, 0.15) is 18.3 Å². The smallest absolute Gasteiger partial charge is 0.470 e. The summed E-state index contributed by atoms with van der Waals surface area (Å²) < 4.78 is 41.1. The van der Waals surface area contributed by atoms with Crippen LogP contribution >= 0.6 is 7.82 Å². The standard InChI is InChI=1S/C52H98NO14P/c1-5-8-11-14-17-20-21-24-27-30-33-36-48(58)64-43(35-32-29-26-23-19-16-13-10-7-3)40-49(59)66-52-50(53-46(55)39-42(54)34-31-28-25-22-18-15-12-9-6-2)44(37-38-47(56)57)65-45(41-63-4)51(52)67-68(60,61)62/h42-45,50-52,54H,5-41H2,1-4H3,(H,53,55)(H,56,57)(H2,60,61,62)/t42-,43-,44-,45-,50+,51-,52-/m1/s1. The van der Waals surface area contributed by atoms with E-state index in [-0.39, 0.29) is 32.3 Å². The molecule has 1 aliphatic heterocycles. The lowest BCUT2D eigenvalue weighted by Crippen LogP contribution is -2.66. The molecule has 1 fully saturated rings. The van der Waals surface area contributed by atoms with Crippen LogP contribution in [0.25, 0.3) is 0 Å². The van der Waals surface area contributed by atoms with Crippen LogP contribution in [0.4, 0.5) is 0 Å². The Kier molecular flexibility index (Phi) is 39.0. The number of carbonyl (C=O) groups is 4. The molecule has 0 aromatic heterocycles. The topological polar surface area (TPSA) is 224 Å². The highest BCUT2D eigenvalue weighted by molar-refractivity contribution is 7.46. The van der Waals surface area contributed by atoms with E-state index in [1.807, 2.05) is 0 Å². The molecule has 7 atom stereocenters. The van der Waals surface area contributed by atoms with Crippen molar-refractivity contribution < 1.29 is 67.2 Å². The molecular weight excluding hydrogens is 894 g/mol. The predicted molar refractivity (Wildman–Crippen MR) is 266 cm³/mol. The highest BCUT2D eigenvalue weighted by Gasteiger charge is 2.51. The number of carboxylic acid groups (broad SMARTS) is 1. The highest BCUT2D eigenvalue weighted by atomic mass is 31.2. The van der Waals surface area contributed by atoms with Gasteiger partial charge in [-0.1, -0.05) is 194 Å². The number of nitrogens with one attached hydrogen (secondary N) is 1. The van der Waals surface area contributed by atoms with Gasteiger partial charge in [0.15, 0.2) is 6.10 Å². The number of rotatable bonds is 46. The van der Waals surface area contributed by atoms with E-state index >= 15 is 0 Å². The molecule has 0 spiro atoms. The van der Waals surface area contributed by atoms with E-state index in [4.69, 9.17) is 23.5 Å². The first-order valence-corrected chi connectivity index (χ1v) is 28.7. The summed E-state index contributed by atoms with van der Waals surface area (Å²) in [4.78, 5) is 72.8. The summed E-state index contributed by atoms with van der Waals surface area (Å²) in [5.41, 5.74) is 0. The molecule has 0 aliphatic carbocycles. The fraction of sp³-hybridized carbons (Fsp3) is 0.923. The number of aliphatic carboxylic acids is 1. The molecule has 15 nitrogen and oxygen atoms in total. The fourth-order valence-corrected chi connectivity index (χ4v) is 9.70. The minimum atomic E-state index is -5.29. The average molecular weight is 992 g/mol. The first-order valence-electron chi connectivity index (χ1n) is 27.2. The molecule has 5 N–H and O–H groups in total. The van der Waals surface area contributed by atoms with E-state index in [0.717, 1.165) is 70.6 Å². The van der Waals surface area contributed by atoms with Gasteiger partial charge in [0.05, 0.1) is 37.7 Å². The van der Waals surface area contributed by atoms with Crippen LogP contribution in [-0.4, -0.2) is 100 Å². The third kappa shape index (κ3) is 34.2. The number of esters is 2. The van der Waals surface area contributed by atoms with Gasteiger partial charge in [-0.05, 0) is 32.1 Å². The van der Waals surface area contributed by atoms with Gasteiger partial charge in [-0.3, -0.25) is 23.7 Å². The maximum absolute atomic E-state index is 14.1. The van der Waals surface area contributed by atoms with Crippen LogP contribution in [0.5, 0.6) is 0 Å². The maximum atomic E-state index is 14.1. The number of amides is 1. The Morgan fingerprint density at radius 2 is 1.04 bits per heavy atom. The van der Waals surface area contributed by atoms with Gasteiger partial charge in [0, 0.05) is 20.0 Å². The molecule has 0 unspecified atom stereocenters. The summed E-state index contributed by atoms with van der Waals surface area (Å²) in [5, 5.41) is 23.2. The molecule has 0 radical (unpaired) electrons. The van der Waals surface area contributed by atoms with Gasteiger partial charge in [-0.25, -0.2) is 4.57 Å². The summed E-state index contributed by atoms with van der Waals surface area (Å²) in [7, 11) is -3.96. The van der Waals surface area contributed by atoms with E-state index in [0.29, 0.717) is 25.7 Å². The number of carbonyl (C=O) groups excluding carboxylic acids is 3. The molecule has 1 amide bonds. The van der Waals surface area contributed by atoms with Crippen molar-refractivity contribution in [1.29, 1.82) is 0 Å². The van der Waals surface area contributed by atoms with Crippen LogP contribution in [0.15, 0.2) is 0 Å². The lowest BCUT2D eigenvalue weighted by Gasteiger charge is -2.46. The molecule has 0 aromatic rings.